The molecule has 0 unspecified atom stereocenters. The third-order valence-electron chi connectivity index (χ3n) is 3.56. The van der Waals surface area contributed by atoms with E-state index in [9.17, 15) is 0 Å². The molecule has 0 amide bonds. The first-order chi connectivity index (χ1) is 10.1. The van der Waals surface area contributed by atoms with Gasteiger partial charge in [0.2, 0.25) is 0 Å². The average molecular weight is 451 g/mol. The molecule has 2 aromatic rings. The van der Waals surface area contributed by atoms with Crippen LogP contribution in [0.15, 0.2) is 48.5 Å². The molecule has 0 aliphatic heterocycles. The second kappa shape index (κ2) is 8.01. The van der Waals surface area contributed by atoms with Crippen molar-refractivity contribution >= 4 is 55.1 Å². The molecule has 0 saturated heterocycles. The lowest BCUT2D eigenvalue weighted by Crippen LogP contribution is -2.30. The van der Waals surface area contributed by atoms with Crippen LogP contribution in [-0.4, -0.2) is 10.7 Å². The lowest BCUT2D eigenvalue weighted by Gasteiger charge is -2.31. The number of hydrogen-bond acceptors (Lipinski definition) is 0. The zero-order valence-corrected chi connectivity index (χ0v) is 16.1. The van der Waals surface area contributed by atoms with Gasteiger partial charge < -0.3 is 0 Å². The minimum atomic E-state index is 0.0652. The van der Waals surface area contributed by atoms with E-state index < -0.39 is 0 Å². The molecule has 21 heavy (non-hydrogen) atoms. The minimum absolute atomic E-state index is 0.0652. The highest BCUT2D eigenvalue weighted by Crippen LogP contribution is 2.35. The maximum absolute atomic E-state index is 6.33. The summed E-state index contributed by atoms with van der Waals surface area (Å²) in [6, 6.07) is 16.2. The summed E-state index contributed by atoms with van der Waals surface area (Å²) in [5.74, 6) is 0. The Morgan fingerprint density at radius 1 is 0.857 bits per heavy atom. The van der Waals surface area contributed by atoms with E-state index in [2.05, 4.69) is 56.1 Å². The van der Waals surface area contributed by atoms with Gasteiger partial charge in [-0.05, 0) is 47.6 Å². The Morgan fingerprint density at radius 3 is 2.14 bits per heavy atom. The molecular formula is C17H16Br2Cl2. The molecule has 0 radical (unpaired) electrons. The molecule has 0 aliphatic carbocycles. The summed E-state index contributed by atoms with van der Waals surface area (Å²) in [6.07, 6.45) is 1.85. The van der Waals surface area contributed by atoms with Crippen LogP contribution in [0.2, 0.25) is 10.0 Å². The van der Waals surface area contributed by atoms with E-state index in [1.807, 2.05) is 24.3 Å². The molecule has 0 spiro atoms. The Morgan fingerprint density at radius 2 is 1.52 bits per heavy atom. The fourth-order valence-corrected chi connectivity index (χ4v) is 4.50. The maximum atomic E-state index is 6.33. The zero-order valence-electron chi connectivity index (χ0n) is 11.5. The Labute approximate surface area is 153 Å². The summed E-state index contributed by atoms with van der Waals surface area (Å²) in [4.78, 5) is 0. The molecule has 2 aromatic carbocycles. The van der Waals surface area contributed by atoms with Crippen molar-refractivity contribution in [2.45, 2.75) is 12.8 Å². The fourth-order valence-electron chi connectivity index (χ4n) is 2.40. The van der Waals surface area contributed by atoms with Gasteiger partial charge in [0.05, 0.1) is 0 Å². The van der Waals surface area contributed by atoms with E-state index >= 15 is 0 Å². The lowest BCUT2D eigenvalue weighted by atomic mass is 9.80. The number of benzene rings is 2. The third kappa shape index (κ3) is 4.72. The van der Waals surface area contributed by atoms with E-state index in [1.54, 1.807) is 0 Å². The Kier molecular flexibility index (Phi) is 6.61. The third-order valence-corrected chi connectivity index (χ3v) is 6.54. The predicted octanol–water partition coefficient (Wildman–Crippen LogP) is 6.55. The van der Waals surface area contributed by atoms with Gasteiger partial charge in [-0.3, -0.25) is 0 Å². The maximum Gasteiger partial charge on any atom is 0.0439 e. The Balaban J connectivity index is 2.27. The summed E-state index contributed by atoms with van der Waals surface area (Å²) in [6.45, 7) is 0. The smallest absolute Gasteiger partial charge is 0.0439 e. The summed E-state index contributed by atoms with van der Waals surface area (Å²) in [7, 11) is 0. The molecular weight excluding hydrogens is 435 g/mol. The molecule has 0 heterocycles. The second-order valence-corrected chi connectivity index (χ2v) is 7.31. The highest BCUT2D eigenvalue weighted by atomic mass is 79.9. The van der Waals surface area contributed by atoms with E-state index in [-0.39, 0.29) is 5.41 Å². The van der Waals surface area contributed by atoms with Gasteiger partial charge in [-0.25, -0.2) is 0 Å². The van der Waals surface area contributed by atoms with Crippen LogP contribution >= 0.6 is 55.1 Å². The van der Waals surface area contributed by atoms with Crippen LogP contribution in [0.3, 0.4) is 0 Å². The number of rotatable bonds is 6. The first kappa shape index (κ1) is 17.3. The molecule has 0 aromatic heterocycles. The average Bonchev–Trinajstić information content (AvgIpc) is 2.51. The highest BCUT2D eigenvalue weighted by Gasteiger charge is 2.29. The van der Waals surface area contributed by atoms with Crippen LogP contribution < -0.4 is 0 Å². The molecule has 4 heteroatoms. The van der Waals surface area contributed by atoms with E-state index in [1.165, 1.54) is 5.56 Å². The second-order valence-electron chi connectivity index (χ2n) is 5.34. The van der Waals surface area contributed by atoms with Gasteiger partial charge >= 0.3 is 0 Å². The van der Waals surface area contributed by atoms with Crippen LogP contribution in [0.1, 0.15) is 11.1 Å². The monoisotopic (exact) mass is 448 g/mol. The van der Waals surface area contributed by atoms with Crippen molar-refractivity contribution in [3.05, 3.63) is 69.7 Å². The number of alkyl halides is 2. The SMILES string of the molecule is Clc1ccc(Cl)c(CC(CBr)(CBr)Cc2ccccc2)c1. The normalized spacial score (nSPS) is 11.6. The van der Waals surface area contributed by atoms with Gasteiger partial charge in [0.1, 0.15) is 0 Å². The Bertz CT molecular complexity index is 581. The first-order valence-corrected chi connectivity index (χ1v) is 9.68. The number of hydrogen-bond donors (Lipinski definition) is 0. The van der Waals surface area contributed by atoms with Crippen molar-refractivity contribution in [1.29, 1.82) is 0 Å². The molecule has 2 rings (SSSR count). The van der Waals surface area contributed by atoms with Crippen molar-refractivity contribution in [3.8, 4) is 0 Å². The van der Waals surface area contributed by atoms with Crippen LogP contribution in [0.5, 0.6) is 0 Å². The summed E-state index contributed by atoms with van der Waals surface area (Å²) in [5.41, 5.74) is 2.49. The van der Waals surface area contributed by atoms with Gasteiger partial charge in [-0.1, -0.05) is 85.4 Å². The van der Waals surface area contributed by atoms with E-state index in [0.717, 1.165) is 39.1 Å². The van der Waals surface area contributed by atoms with Crippen LogP contribution in [0, 0.1) is 5.41 Å². The topological polar surface area (TPSA) is 0 Å². The summed E-state index contributed by atoms with van der Waals surface area (Å²) in [5, 5.41) is 3.29. The molecule has 0 saturated carbocycles. The van der Waals surface area contributed by atoms with Gasteiger partial charge in [0, 0.05) is 20.7 Å². The van der Waals surface area contributed by atoms with Gasteiger partial charge in [-0.15, -0.1) is 0 Å². The molecule has 0 nitrogen and oxygen atoms in total. The zero-order chi connectivity index (χ0) is 15.3. The molecule has 0 fully saturated rings. The van der Waals surface area contributed by atoms with Gasteiger partial charge in [0.15, 0.2) is 0 Å². The largest absolute Gasteiger partial charge is 0.0921 e. The van der Waals surface area contributed by atoms with Crippen molar-refractivity contribution in [2.24, 2.45) is 5.41 Å². The lowest BCUT2D eigenvalue weighted by molar-refractivity contribution is 0.386. The quantitative estimate of drug-likeness (QED) is 0.437. The molecule has 0 N–H and O–H groups in total. The van der Waals surface area contributed by atoms with Crippen LogP contribution in [-0.2, 0) is 12.8 Å². The molecule has 0 atom stereocenters. The van der Waals surface area contributed by atoms with Crippen molar-refractivity contribution in [2.75, 3.05) is 10.7 Å². The highest BCUT2D eigenvalue weighted by molar-refractivity contribution is 9.09. The minimum Gasteiger partial charge on any atom is -0.0921 e. The molecule has 0 aliphatic rings. The standard InChI is InChI=1S/C17H16Br2Cl2/c18-11-17(12-19,9-13-4-2-1-3-5-13)10-14-8-15(20)6-7-16(14)21/h1-8H,9-12H2. The van der Waals surface area contributed by atoms with E-state index in [4.69, 9.17) is 23.2 Å². The van der Waals surface area contributed by atoms with E-state index in [0.29, 0.717) is 0 Å². The molecule has 112 valence electrons. The van der Waals surface area contributed by atoms with Crippen LogP contribution in [0.25, 0.3) is 0 Å². The van der Waals surface area contributed by atoms with Gasteiger partial charge in [-0.2, -0.15) is 0 Å². The van der Waals surface area contributed by atoms with Crippen LogP contribution in [0.4, 0.5) is 0 Å². The summed E-state index contributed by atoms with van der Waals surface area (Å²) < 4.78 is 0. The Hall–Kier alpha value is -0.0200. The first-order valence-electron chi connectivity index (χ1n) is 6.68. The fraction of sp³-hybridized carbons (Fsp3) is 0.294. The van der Waals surface area contributed by atoms with Gasteiger partial charge in [0.25, 0.3) is 0 Å². The van der Waals surface area contributed by atoms with Crippen molar-refractivity contribution < 1.29 is 0 Å². The summed E-state index contributed by atoms with van der Waals surface area (Å²) >= 11 is 19.8. The molecule has 0 bridgehead atoms. The number of halogens is 4. The van der Waals surface area contributed by atoms with Crippen molar-refractivity contribution in [3.63, 3.8) is 0 Å². The predicted molar refractivity (Wildman–Crippen MR) is 100 cm³/mol. The van der Waals surface area contributed by atoms with Crippen molar-refractivity contribution in [1.82, 2.24) is 0 Å².